The molecule has 148 valence electrons. The van der Waals surface area contributed by atoms with Gasteiger partial charge in [-0.25, -0.2) is 4.98 Å². The minimum Gasteiger partial charge on any atom is -0.497 e. The number of fused-ring (bicyclic) bond motifs is 1. The Kier molecular flexibility index (Phi) is 6.88. The predicted molar refractivity (Wildman–Crippen MR) is 116 cm³/mol. The number of rotatable bonds is 8. The van der Waals surface area contributed by atoms with E-state index in [0.717, 1.165) is 35.6 Å². The molecule has 28 heavy (non-hydrogen) atoms. The Balaban J connectivity index is 1.97. The van der Waals surface area contributed by atoms with Crippen molar-refractivity contribution in [1.82, 2.24) is 4.98 Å². The summed E-state index contributed by atoms with van der Waals surface area (Å²) in [6.07, 6.45) is 0. The standard InChI is InChI=1S/C21H24ClN3O2S/c1-4-24(5-2)12-13-25(20(26)16-8-6-7-9-17(16)22)21-23-18-14-15(27-3)10-11-19(18)28-21/h6-11,14H,4-5,12-13H2,1-3H3/p+1. The summed E-state index contributed by atoms with van der Waals surface area (Å²) < 4.78 is 6.31. The molecule has 3 aromatic rings. The van der Waals surface area contributed by atoms with E-state index in [-0.39, 0.29) is 5.91 Å². The molecular formula is C21H25ClN3O2S+. The van der Waals surface area contributed by atoms with Crippen molar-refractivity contribution in [2.45, 2.75) is 13.8 Å². The fraction of sp³-hybridized carbons (Fsp3) is 0.333. The van der Waals surface area contributed by atoms with E-state index in [1.54, 1.807) is 24.1 Å². The number of anilines is 1. The highest BCUT2D eigenvalue weighted by Crippen LogP contribution is 2.32. The van der Waals surface area contributed by atoms with Gasteiger partial charge in [-0.2, -0.15) is 0 Å². The molecule has 0 saturated carbocycles. The number of benzene rings is 2. The van der Waals surface area contributed by atoms with Gasteiger partial charge in [0, 0.05) is 6.07 Å². The number of hydrogen-bond acceptors (Lipinski definition) is 4. The molecule has 0 aliphatic carbocycles. The first kappa shape index (κ1) is 20.6. The lowest BCUT2D eigenvalue weighted by atomic mass is 10.2. The number of carbonyl (C=O) groups excluding carboxylic acids is 1. The van der Waals surface area contributed by atoms with Gasteiger partial charge < -0.3 is 9.64 Å². The molecule has 1 heterocycles. The van der Waals surface area contributed by atoms with E-state index in [2.05, 4.69) is 13.8 Å². The number of methoxy groups -OCH3 is 1. The van der Waals surface area contributed by atoms with Crippen LogP contribution in [0.4, 0.5) is 5.13 Å². The minimum atomic E-state index is -0.122. The Morgan fingerprint density at radius 1 is 1.21 bits per heavy atom. The van der Waals surface area contributed by atoms with Gasteiger partial charge in [-0.15, -0.1) is 0 Å². The summed E-state index contributed by atoms with van der Waals surface area (Å²) in [7, 11) is 1.63. The molecule has 3 rings (SSSR count). The van der Waals surface area contributed by atoms with Gasteiger partial charge in [0.1, 0.15) is 5.75 Å². The summed E-state index contributed by atoms with van der Waals surface area (Å²) in [5.41, 5.74) is 1.32. The second-order valence-corrected chi connectivity index (χ2v) is 7.89. The molecule has 1 N–H and O–H groups in total. The monoisotopic (exact) mass is 418 g/mol. The third-order valence-corrected chi connectivity index (χ3v) is 6.24. The summed E-state index contributed by atoms with van der Waals surface area (Å²) in [4.78, 5) is 21.2. The number of quaternary nitrogens is 1. The van der Waals surface area contributed by atoms with Crippen molar-refractivity contribution in [3.63, 3.8) is 0 Å². The van der Waals surface area contributed by atoms with Crippen molar-refractivity contribution in [3.05, 3.63) is 53.1 Å². The van der Waals surface area contributed by atoms with Crippen LogP contribution in [0.2, 0.25) is 5.02 Å². The topological polar surface area (TPSA) is 46.9 Å². The maximum absolute atomic E-state index is 13.3. The third-order valence-electron chi connectivity index (χ3n) is 4.85. The van der Waals surface area contributed by atoms with Crippen LogP contribution < -0.4 is 14.5 Å². The maximum Gasteiger partial charge on any atom is 0.261 e. The van der Waals surface area contributed by atoms with E-state index in [0.29, 0.717) is 22.3 Å². The average Bonchev–Trinajstić information content (AvgIpc) is 3.14. The van der Waals surface area contributed by atoms with Crippen molar-refractivity contribution in [1.29, 1.82) is 0 Å². The largest absolute Gasteiger partial charge is 0.497 e. The minimum absolute atomic E-state index is 0.122. The predicted octanol–water partition coefficient (Wildman–Crippen LogP) is 3.53. The smallest absolute Gasteiger partial charge is 0.261 e. The molecule has 1 amide bonds. The van der Waals surface area contributed by atoms with Gasteiger partial charge >= 0.3 is 0 Å². The molecule has 0 aliphatic heterocycles. The zero-order valence-corrected chi connectivity index (χ0v) is 17.9. The van der Waals surface area contributed by atoms with Crippen LogP contribution in [-0.2, 0) is 0 Å². The van der Waals surface area contributed by atoms with Crippen LogP contribution >= 0.6 is 22.9 Å². The number of carbonyl (C=O) groups is 1. The van der Waals surface area contributed by atoms with Gasteiger partial charge in [0.15, 0.2) is 5.13 Å². The summed E-state index contributed by atoms with van der Waals surface area (Å²) in [6.45, 7) is 7.77. The molecular weight excluding hydrogens is 394 g/mol. The van der Waals surface area contributed by atoms with Gasteiger partial charge in [-0.3, -0.25) is 9.69 Å². The van der Waals surface area contributed by atoms with E-state index in [4.69, 9.17) is 21.3 Å². The van der Waals surface area contributed by atoms with Gasteiger partial charge in [-0.05, 0) is 38.1 Å². The normalized spacial score (nSPS) is 11.2. The molecule has 0 fully saturated rings. The van der Waals surface area contributed by atoms with E-state index in [1.807, 2.05) is 30.3 Å². The lowest BCUT2D eigenvalue weighted by molar-refractivity contribution is -0.894. The highest BCUT2D eigenvalue weighted by Gasteiger charge is 2.24. The van der Waals surface area contributed by atoms with Gasteiger partial charge in [-0.1, -0.05) is 35.1 Å². The van der Waals surface area contributed by atoms with Crippen LogP contribution in [0.3, 0.4) is 0 Å². The highest BCUT2D eigenvalue weighted by atomic mass is 35.5. The van der Waals surface area contributed by atoms with Gasteiger partial charge in [0.2, 0.25) is 0 Å². The van der Waals surface area contributed by atoms with E-state index in [9.17, 15) is 4.79 Å². The van der Waals surface area contributed by atoms with E-state index in [1.165, 1.54) is 16.2 Å². The number of hydrogen-bond donors (Lipinski definition) is 1. The molecule has 2 aromatic carbocycles. The summed E-state index contributed by atoms with van der Waals surface area (Å²) in [6, 6.07) is 12.9. The van der Waals surface area contributed by atoms with Gasteiger partial charge in [0.05, 0.1) is 54.1 Å². The number of thiazole rings is 1. The van der Waals surface area contributed by atoms with Crippen molar-refractivity contribution in [2.24, 2.45) is 0 Å². The molecule has 1 aromatic heterocycles. The van der Waals surface area contributed by atoms with Crippen LogP contribution in [0.25, 0.3) is 10.2 Å². The SMILES string of the molecule is CC[NH+](CC)CCN(C(=O)c1ccccc1Cl)c1nc2cc(OC)ccc2s1. The quantitative estimate of drug-likeness (QED) is 0.608. The second kappa shape index (κ2) is 9.37. The first-order valence-electron chi connectivity index (χ1n) is 9.41. The summed E-state index contributed by atoms with van der Waals surface area (Å²) >= 11 is 7.81. The fourth-order valence-corrected chi connectivity index (χ4v) is 4.26. The van der Waals surface area contributed by atoms with Crippen LogP contribution in [0.1, 0.15) is 24.2 Å². The molecule has 0 bridgehead atoms. The lowest BCUT2D eigenvalue weighted by Crippen LogP contribution is -3.12. The Hall–Kier alpha value is -2.15. The lowest BCUT2D eigenvalue weighted by Gasteiger charge is -2.23. The van der Waals surface area contributed by atoms with Crippen molar-refractivity contribution in [2.75, 3.05) is 38.2 Å². The first-order chi connectivity index (χ1) is 13.6. The number of aromatic nitrogens is 1. The first-order valence-corrected chi connectivity index (χ1v) is 10.6. The highest BCUT2D eigenvalue weighted by molar-refractivity contribution is 7.22. The molecule has 0 spiro atoms. The van der Waals surface area contributed by atoms with Crippen LogP contribution in [-0.4, -0.2) is 44.2 Å². The zero-order chi connectivity index (χ0) is 20.1. The van der Waals surface area contributed by atoms with Crippen LogP contribution in [0.15, 0.2) is 42.5 Å². The number of halogens is 1. The number of nitrogens with zero attached hydrogens (tertiary/aromatic N) is 2. The van der Waals surface area contributed by atoms with Crippen LogP contribution in [0, 0.1) is 0 Å². The molecule has 0 aliphatic rings. The van der Waals surface area contributed by atoms with Crippen molar-refractivity contribution in [3.8, 4) is 5.75 Å². The maximum atomic E-state index is 13.3. The van der Waals surface area contributed by atoms with E-state index < -0.39 is 0 Å². The molecule has 0 radical (unpaired) electrons. The van der Waals surface area contributed by atoms with E-state index >= 15 is 0 Å². The Morgan fingerprint density at radius 3 is 2.64 bits per heavy atom. The average molecular weight is 419 g/mol. The summed E-state index contributed by atoms with van der Waals surface area (Å²) in [5, 5.41) is 1.13. The van der Waals surface area contributed by atoms with Crippen molar-refractivity contribution >= 4 is 44.2 Å². The fourth-order valence-electron chi connectivity index (χ4n) is 3.08. The molecule has 7 heteroatoms. The number of nitrogens with one attached hydrogen (secondary N) is 1. The summed E-state index contributed by atoms with van der Waals surface area (Å²) in [5.74, 6) is 0.629. The van der Waals surface area contributed by atoms with Gasteiger partial charge in [0.25, 0.3) is 5.91 Å². The number of ether oxygens (including phenoxy) is 1. The van der Waals surface area contributed by atoms with Crippen molar-refractivity contribution < 1.29 is 14.4 Å². The molecule has 0 saturated heterocycles. The number of amides is 1. The second-order valence-electron chi connectivity index (χ2n) is 6.47. The molecule has 0 atom stereocenters. The molecule has 0 unspecified atom stereocenters. The number of likely N-dealkylation sites (N-methyl/N-ethyl adjacent to an activating group) is 1. The Bertz CT molecular complexity index is 956. The third kappa shape index (κ3) is 4.46. The Labute approximate surface area is 174 Å². The zero-order valence-electron chi connectivity index (χ0n) is 16.4. The Morgan fingerprint density at radius 2 is 1.96 bits per heavy atom. The molecule has 5 nitrogen and oxygen atoms in total. The van der Waals surface area contributed by atoms with Crippen LogP contribution in [0.5, 0.6) is 5.75 Å².